The lowest BCUT2D eigenvalue weighted by molar-refractivity contribution is -0.151. The number of esters is 1. The van der Waals surface area contributed by atoms with Crippen molar-refractivity contribution in [3.05, 3.63) is 53.3 Å². The molecule has 2 rings (SSSR count). The Bertz CT molecular complexity index is 1060. The van der Waals surface area contributed by atoms with Crippen molar-refractivity contribution in [1.29, 1.82) is 0 Å². The molecule has 0 aliphatic carbocycles. The number of allylic oxidation sites excluding steroid dienone is 2. The van der Waals surface area contributed by atoms with Gasteiger partial charge in [-0.05, 0) is 38.5 Å². The number of carbonyl (C=O) groups excluding carboxylic acids is 5. The first kappa shape index (κ1) is 27.7. The highest BCUT2D eigenvalue weighted by molar-refractivity contribution is 8.13. The van der Waals surface area contributed by atoms with Crippen LogP contribution in [-0.4, -0.2) is 51.7 Å². The van der Waals surface area contributed by atoms with E-state index in [1.54, 1.807) is 6.08 Å². The van der Waals surface area contributed by atoms with Crippen LogP contribution in [0.4, 0.5) is 4.39 Å². The zero-order valence-corrected chi connectivity index (χ0v) is 20.4. The highest BCUT2D eigenvalue weighted by atomic mass is 32.2. The van der Waals surface area contributed by atoms with Crippen LogP contribution in [0, 0.1) is 5.82 Å². The van der Waals surface area contributed by atoms with Crippen molar-refractivity contribution >= 4 is 40.6 Å². The molecule has 0 saturated heterocycles. The SMILES string of the molecule is C/C=C1\NC(=O)c2ccc(F)c(n2)CNC(=O)C[C@@H](/C=C/CCSC(C)=O)OC(=O)[C@H](C)NC1=O. The summed E-state index contributed by atoms with van der Waals surface area (Å²) in [5.74, 6) is -3.08. The number of thioether (sulfide) groups is 1. The van der Waals surface area contributed by atoms with E-state index in [4.69, 9.17) is 4.74 Å². The monoisotopic (exact) mass is 506 g/mol. The van der Waals surface area contributed by atoms with Crippen molar-refractivity contribution in [3.8, 4) is 0 Å². The average Bonchev–Trinajstić information content (AvgIpc) is 2.80. The molecule has 0 fully saturated rings. The molecule has 0 radical (unpaired) electrons. The van der Waals surface area contributed by atoms with Gasteiger partial charge in [-0.3, -0.25) is 19.2 Å². The highest BCUT2D eigenvalue weighted by Crippen LogP contribution is 2.10. The number of carbonyl (C=O) groups is 5. The summed E-state index contributed by atoms with van der Waals surface area (Å²) in [4.78, 5) is 65.1. The lowest BCUT2D eigenvalue weighted by atomic mass is 10.2. The molecule has 2 atom stereocenters. The third kappa shape index (κ3) is 8.96. The number of nitrogens with one attached hydrogen (secondary N) is 3. The molecular weight excluding hydrogens is 479 g/mol. The van der Waals surface area contributed by atoms with Crippen LogP contribution in [0.2, 0.25) is 0 Å². The van der Waals surface area contributed by atoms with Crippen LogP contribution < -0.4 is 16.0 Å². The second-order valence-electron chi connectivity index (χ2n) is 7.49. The second kappa shape index (κ2) is 13.4. The van der Waals surface area contributed by atoms with Gasteiger partial charge in [-0.1, -0.05) is 23.9 Å². The Morgan fingerprint density at radius 2 is 2.00 bits per heavy atom. The highest BCUT2D eigenvalue weighted by Gasteiger charge is 2.25. The lowest BCUT2D eigenvalue weighted by Gasteiger charge is -2.20. The smallest absolute Gasteiger partial charge is 0.328 e. The fourth-order valence-electron chi connectivity index (χ4n) is 2.87. The van der Waals surface area contributed by atoms with Gasteiger partial charge in [-0.2, -0.15) is 0 Å². The largest absolute Gasteiger partial charge is 0.456 e. The summed E-state index contributed by atoms with van der Waals surface area (Å²) in [7, 11) is 0. The summed E-state index contributed by atoms with van der Waals surface area (Å²) in [5, 5.41) is 7.28. The fourth-order valence-corrected chi connectivity index (χ4v) is 3.41. The minimum Gasteiger partial charge on any atom is -0.456 e. The van der Waals surface area contributed by atoms with E-state index in [1.807, 2.05) is 0 Å². The van der Waals surface area contributed by atoms with Crippen molar-refractivity contribution < 1.29 is 33.1 Å². The van der Waals surface area contributed by atoms with E-state index in [1.165, 1.54) is 32.9 Å². The van der Waals surface area contributed by atoms with Gasteiger partial charge >= 0.3 is 5.97 Å². The molecule has 0 unspecified atom stereocenters. The number of cyclic esters (lactones) is 1. The molecule has 1 aromatic rings. The maximum atomic E-state index is 14.2. The Morgan fingerprint density at radius 1 is 1.26 bits per heavy atom. The molecular formula is C23H27FN4O6S. The number of nitrogens with zero attached hydrogens (tertiary/aromatic N) is 1. The minimum atomic E-state index is -1.09. The molecule has 35 heavy (non-hydrogen) atoms. The van der Waals surface area contributed by atoms with Crippen molar-refractivity contribution in [2.24, 2.45) is 0 Å². The molecule has 2 heterocycles. The quantitative estimate of drug-likeness (QED) is 0.241. The number of hydrogen-bond donors (Lipinski definition) is 3. The third-order valence-corrected chi connectivity index (χ3v) is 5.53. The van der Waals surface area contributed by atoms with Crippen LogP contribution in [0.3, 0.4) is 0 Å². The predicted molar refractivity (Wildman–Crippen MR) is 126 cm³/mol. The van der Waals surface area contributed by atoms with Crippen LogP contribution in [0.1, 0.15) is 49.8 Å². The first-order chi connectivity index (χ1) is 16.6. The Balaban J connectivity index is 2.29. The van der Waals surface area contributed by atoms with Gasteiger partial charge in [-0.15, -0.1) is 0 Å². The normalized spacial score (nSPS) is 21.3. The number of pyridine rings is 1. The number of rotatable bonds is 4. The lowest BCUT2D eigenvalue weighted by Crippen LogP contribution is -2.44. The van der Waals surface area contributed by atoms with Gasteiger partial charge in [0.05, 0.1) is 18.7 Å². The van der Waals surface area contributed by atoms with Crippen LogP contribution in [0.25, 0.3) is 0 Å². The van der Waals surface area contributed by atoms with Crippen LogP contribution in [-0.2, 0) is 30.5 Å². The standard InChI is InChI=1S/C23H27FN4O6S/c1-4-17-21(31)26-13(2)23(33)34-15(7-5-6-10-35-14(3)29)11-20(30)25-12-19-16(24)8-9-18(27-19)22(32)28-17/h4-5,7-9,13,15H,6,10-12H2,1-3H3,(H,25,30)(H,26,31)(H,28,32)/b7-5+,17-4-/t13-,15+/m0/s1. The van der Waals surface area contributed by atoms with E-state index in [-0.39, 0.29) is 35.2 Å². The summed E-state index contributed by atoms with van der Waals surface area (Å²) in [6.45, 7) is 4.06. The molecule has 1 aliphatic rings. The fraction of sp³-hybridized carbons (Fsp3) is 0.391. The molecule has 2 bridgehead atoms. The Kier molecular flexibility index (Phi) is 10.6. The number of halogens is 1. The zero-order valence-electron chi connectivity index (χ0n) is 19.6. The molecule has 3 N–H and O–H groups in total. The molecule has 10 nitrogen and oxygen atoms in total. The molecule has 0 aromatic carbocycles. The molecule has 0 saturated carbocycles. The summed E-state index contributed by atoms with van der Waals surface area (Å²) >= 11 is 1.14. The van der Waals surface area contributed by atoms with E-state index in [0.29, 0.717) is 12.2 Å². The molecule has 12 heteroatoms. The van der Waals surface area contributed by atoms with Crippen LogP contribution in [0.5, 0.6) is 0 Å². The molecule has 0 spiro atoms. The predicted octanol–water partition coefficient (Wildman–Crippen LogP) is 1.52. The molecule has 3 amide bonds. The summed E-state index contributed by atoms with van der Waals surface area (Å²) in [6, 6.07) is 1.09. The van der Waals surface area contributed by atoms with Gasteiger partial charge in [0.1, 0.15) is 29.4 Å². The topological polar surface area (TPSA) is 144 Å². The van der Waals surface area contributed by atoms with Gasteiger partial charge in [0, 0.05) is 12.7 Å². The summed E-state index contributed by atoms with van der Waals surface area (Å²) < 4.78 is 19.6. The number of fused-ring (bicyclic) bond motifs is 2. The number of ether oxygens (including phenoxy) is 1. The first-order valence-electron chi connectivity index (χ1n) is 10.8. The van der Waals surface area contributed by atoms with Gasteiger partial charge in [0.2, 0.25) is 5.91 Å². The van der Waals surface area contributed by atoms with Gasteiger partial charge in [0.25, 0.3) is 11.8 Å². The maximum absolute atomic E-state index is 14.2. The Morgan fingerprint density at radius 3 is 2.69 bits per heavy atom. The number of aromatic nitrogens is 1. The Hall–Kier alpha value is -3.54. The Labute approximate surface area is 206 Å². The first-order valence-corrected chi connectivity index (χ1v) is 11.8. The van der Waals surface area contributed by atoms with E-state index < -0.39 is 41.7 Å². The minimum absolute atomic E-state index is 0.0277. The zero-order chi connectivity index (χ0) is 26.0. The van der Waals surface area contributed by atoms with Gasteiger partial charge in [0.15, 0.2) is 5.12 Å². The van der Waals surface area contributed by atoms with Gasteiger partial charge in [-0.25, -0.2) is 14.2 Å². The molecule has 1 aromatic heterocycles. The molecule has 188 valence electrons. The second-order valence-corrected chi connectivity index (χ2v) is 8.76. The number of hydrogen-bond acceptors (Lipinski definition) is 8. The van der Waals surface area contributed by atoms with Crippen molar-refractivity contribution in [2.75, 3.05) is 5.75 Å². The molecule has 1 aliphatic heterocycles. The summed E-state index contributed by atoms with van der Waals surface area (Å²) in [5.41, 5.74) is -0.475. The third-order valence-electron chi connectivity index (χ3n) is 4.68. The van der Waals surface area contributed by atoms with Crippen LogP contribution in [0.15, 0.2) is 36.1 Å². The van der Waals surface area contributed by atoms with Crippen molar-refractivity contribution in [2.45, 2.75) is 52.3 Å². The van der Waals surface area contributed by atoms with E-state index in [2.05, 4.69) is 20.9 Å². The summed E-state index contributed by atoms with van der Waals surface area (Å²) in [6.07, 6.45) is 3.79. The van der Waals surface area contributed by atoms with Crippen molar-refractivity contribution in [1.82, 2.24) is 20.9 Å². The van der Waals surface area contributed by atoms with E-state index in [0.717, 1.165) is 23.9 Å². The van der Waals surface area contributed by atoms with Crippen LogP contribution >= 0.6 is 11.8 Å². The van der Waals surface area contributed by atoms with Crippen molar-refractivity contribution in [3.63, 3.8) is 0 Å². The average molecular weight is 507 g/mol. The number of amides is 3. The van der Waals surface area contributed by atoms with Gasteiger partial charge < -0.3 is 20.7 Å². The maximum Gasteiger partial charge on any atom is 0.328 e. The van der Waals surface area contributed by atoms with E-state index in [9.17, 15) is 28.4 Å². The van der Waals surface area contributed by atoms with E-state index >= 15 is 0 Å².